The van der Waals surface area contributed by atoms with Crippen LogP contribution in [0.2, 0.25) is 0 Å². The van der Waals surface area contributed by atoms with E-state index in [4.69, 9.17) is 14.2 Å². The highest BCUT2D eigenvalue weighted by Crippen LogP contribution is 2.15. The van der Waals surface area contributed by atoms with Crippen molar-refractivity contribution in [2.24, 2.45) is 0 Å². The maximum atomic E-state index is 12.6. The molecule has 52 heavy (non-hydrogen) atoms. The molecular formula is C46H86O6. The fourth-order valence-electron chi connectivity index (χ4n) is 6.54. The predicted octanol–water partition coefficient (Wildman–Crippen LogP) is 14.3. The number of carbonyl (C=O) groups is 3. The molecular weight excluding hydrogens is 648 g/mol. The van der Waals surface area contributed by atoms with Crippen LogP contribution in [0.25, 0.3) is 0 Å². The Balaban J connectivity index is 4.13. The van der Waals surface area contributed by atoms with E-state index in [2.05, 4.69) is 32.9 Å². The van der Waals surface area contributed by atoms with Gasteiger partial charge in [-0.1, -0.05) is 200 Å². The number of unbranched alkanes of at least 4 members (excludes halogenated alkanes) is 28. The van der Waals surface area contributed by atoms with Crippen LogP contribution in [0.1, 0.15) is 245 Å². The SMILES string of the molecule is CCCC/C=C\CCCCCCCC(=O)OC(COC(=O)CCCCCCC)COC(=O)CCCCCCCCCCCCCCCCCCCC. The third-order valence-corrected chi connectivity index (χ3v) is 10.0. The van der Waals surface area contributed by atoms with Gasteiger partial charge in [-0.15, -0.1) is 0 Å². The molecule has 0 spiro atoms. The fourth-order valence-corrected chi connectivity index (χ4v) is 6.54. The molecule has 0 heterocycles. The normalized spacial score (nSPS) is 12.0. The molecule has 0 N–H and O–H groups in total. The second-order valence-corrected chi connectivity index (χ2v) is 15.3. The van der Waals surface area contributed by atoms with Crippen LogP contribution in [0, 0.1) is 0 Å². The summed E-state index contributed by atoms with van der Waals surface area (Å²) in [7, 11) is 0. The summed E-state index contributed by atoms with van der Waals surface area (Å²) in [4.78, 5) is 37.4. The minimum absolute atomic E-state index is 0.0703. The summed E-state index contributed by atoms with van der Waals surface area (Å²) < 4.78 is 16.6. The summed E-state index contributed by atoms with van der Waals surface area (Å²) in [5.41, 5.74) is 0. The zero-order valence-electron chi connectivity index (χ0n) is 34.8. The van der Waals surface area contributed by atoms with E-state index in [1.807, 2.05) is 0 Å². The minimum Gasteiger partial charge on any atom is -0.462 e. The Kier molecular flexibility index (Phi) is 40.4. The molecule has 0 fully saturated rings. The first kappa shape index (κ1) is 50.1. The molecule has 0 rings (SSSR count). The van der Waals surface area contributed by atoms with Gasteiger partial charge in [-0.3, -0.25) is 14.4 Å². The molecule has 306 valence electrons. The van der Waals surface area contributed by atoms with Crippen LogP contribution in [0.5, 0.6) is 0 Å². The molecule has 6 nitrogen and oxygen atoms in total. The maximum absolute atomic E-state index is 12.6. The van der Waals surface area contributed by atoms with E-state index in [0.717, 1.165) is 70.6 Å². The van der Waals surface area contributed by atoms with Crippen LogP contribution in [0.4, 0.5) is 0 Å². The van der Waals surface area contributed by atoms with Crippen molar-refractivity contribution in [2.75, 3.05) is 13.2 Å². The lowest BCUT2D eigenvalue weighted by Gasteiger charge is -2.18. The number of carbonyl (C=O) groups excluding carboxylic acids is 3. The lowest BCUT2D eigenvalue weighted by atomic mass is 10.0. The van der Waals surface area contributed by atoms with Gasteiger partial charge in [-0.05, 0) is 38.5 Å². The highest BCUT2D eigenvalue weighted by atomic mass is 16.6. The summed E-state index contributed by atoms with van der Waals surface area (Å²) >= 11 is 0. The molecule has 0 bridgehead atoms. The average molecular weight is 735 g/mol. The van der Waals surface area contributed by atoms with Crippen molar-refractivity contribution in [2.45, 2.75) is 252 Å². The quantitative estimate of drug-likeness (QED) is 0.0269. The zero-order valence-corrected chi connectivity index (χ0v) is 34.8. The molecule has 0 saturated heterocycles. The van der Waals surface area contributed by atoms with Crippen LogP contribution in [0.3, 0.4) is 0 Å². The van der Waals surface area contributed by atoms with E-state index in [1.54, 1.807) is 0 Å². The Bertz CT molecular complexity index is 809. The first-order valence-corrected chi connectivity index (χ1v) is 22.7. The van der Waals surface area contributed by atoms with Crippen LogP contribution < -0.4 is 0 Å². The zero-order chi connectivity index (χ0) is 38.0. The van der Waals surface area contributed by atoms with Gasteiger partial charge < -0.3 is 14.2 Å². The summed E-state index contributed by atoms with van der Waals surface area (Å²) in [5, 5.41) is 0. The molecule has 0 aromatic carbocycles. The van der Waals surface area contributed by atoms with Crippen LogP contribution in [-0.2, 0) is 28.6 Å². The standard InChI is InChI=1S/C46H86O6/c1-4-7-10-13-15-17-19-20-21-22-23-24-25-27-28-30-33-36-39-45(48)51-42-43(41-50-44(47)38-35-32-12-9-6-3)52-46(49)40-37-34-31-29-26-18-16-14-11-8-5-2/h14,16,43H,4-13,15,17-42H2,1-3H3/b16-14-. The second-order valence-electron chi connectivity index (χ2n) is 15.3. The lowest BCUT2D eigenvalue weighted by Crippen LogP contribution is -2.30. The molecule has 0 saturated carbocycles. The monoisotopic (exact) mass is 735 g/mol. The summed E-state index contributed by atoms with van der Waals surface area (Å²) in [6, 6.07) is 0. The molecule has 0 aliphatic carbocycles. The van der Waals surface area contributed by atoms with Gasteiger partial charge in [0.15, 0.2) is 6.10 Å². The van der Waals surface area contributed by atoms with E-state index in [-0.39, 0.29) is 31.1 Å². The highest BCUT2D eigenvalue weighted by molar-refractivity contribution is 5.71. The van der Waals surface area contributed by atoms with E-state index < -0.39 is 6.10 Å². The van der Waals surface area contributed by atoms with Crippen LogP contribution >= 0.6 is 0 Å². The summed E-state index contributed by atoms with van der Waals surface area (Å²) in [6.07, 6.45) is 43.7. The lowest BCUT2D eigenvalue weighted by molar-refractivity contribution is -0.167. The van der Waals surface area contributed by atoms with Crippen LogP contribution in [-0.4, -0.2) is 37.2 Å². The van der Waals surface area contributed by atoms with Crippen molar-refractivity contribution in [3.8, 4) is 0 Å². The maximum Gasteiger partial charge on any atom is 0.306 e. The van der Waals surface area contributed by atoms with Crippen molar-refractivity contribution in [3.05, 3.63) is 12.2 Å². The van der Waals surface area contributed by atoms with Crippen molar-refractivity contribution < 1.29 is 28.6 Å². The predicted molar refractivity (Wildman–Crippen MR) is 220 cm³/mol. The van der Waals surface area contributed by atoms with Crippen molar-refractivity contribution in [1.29, 1.82) is 0 Å². The fraction of sp³-hybridized carbons (Fsp3) is 0.891. The van der Waals surface area contributed by atoms with Gasteiger partial charge in [-0.2, -0.15) is 0 Å². The molecule has 1 unspecified atom stereocenters. The average Bonchev–Trinajstić information content (AvgIpc) is 3.14. The van der Waals surface area contributed by atoms with E-state index >= 15 is 0 Å². The topological polar surface area (TPSA) is 78.9 Å². The Morgan fingerprint density at radius 2 is 0.654 bits per heavy atom. The first-order valence-electron chi connectivity index (χ1n) is 22.7. The smallest absolute Gasteiger partial charge is 0.306 e. The van der Waals surface area contributed by atoms with Crippen LogP contribution in [0.15, 0.2) is 12.2 Å². The molecule has 0 aliphatic heterocycles. The van der Waals surface area contributed by atoms with Gasteiger partial charge in [0.2, 0.25) is 0 Å². The molecule has 6 heteroatoms. The number of hydrogen-bond acceptors (Lipinski definition) is 6. The van der Waals surface area contributed by atoms with E-state index in [0.29, 0.717) is 19.3 Å². The third-order valence-electron chi connectivity index (χ3n) is 10.0. The first-order chi connectivity index (χ1) is 25.5. The van der Waals surface area contributed by atoms with Crippen molar-refractivity contribution in [1.82, 2.24) is 0 Å². The Morgan fingerprint density at radius 1 is 0.365 bits per heavy atom. The number of ether oxygens (including phenoxy) is 3. The number of rotatable bonds is 41. The van der Waals surface area contributed by atoms with Gasteiger partial charge >= 0.3 is 17.9 Å². The van der Waals surface area contributed by atoms with E-state index in [1.165, 1.54) is 135 Å². The Morgan fingerprint density at radius 3 is 1.02 bits per heavy atom. The molecule has 0 aliphatic rings. The Labute approximate surface area is 322 Å². The molecule has 0 radical (unpaired) electrons. The summed E-state index contributed by atoms with van der Waals surface area (Å²) in [6.45, 7) is 6.52. The molecule has 0 aromatic heterocycles. The number of hydrogen-bond donors (Lipinski definition) is 0. The van der Waals surface area contributed by atoms with Crippen molar-refractivity contribution >= 4 is 17.9 Å². The largest absolute Gasteiger partial charge is 0.462 e. The van der Waals surface area contributed by atoms with Gasteiger partial charge in [-0.25, -0.2) is 0 Å². The van der Waals surface area contributed by atoms with Gasteiger partial charge in [0, 0.05) is 19.3 Å². The molecule has 0 amide bonds. The highest BCUT2D eigenvalue weighted by Gasteiger charge is 2.19. The third kappa shape index (κ3) is 39.4. The van der Waals surface area contributed by atoms with Gasteiger partial charge in [0.1, 0.15) is 13.2 Å². The number of esters is 3. The molecule has 0 aromatic rings. The molecule has 1 atom stereocenters. The van der Waals surface area contributed by atoms with Gasteiger partial charge in [0.25, 0.3) is 0 Å². The second kappa shape index (κ2) is 41.9. The van der Waals surface area contributed by atoms with Gasteiger partial charge in [0.05, 0.1) is 0 Å². The summed E-state index contributed by atoms with van der Waals surface area (Å²) in [5.74, 6) is -0.887. The van der Waals surface area contributed by atoms with Crippen molar-refractivity contribution in [3.63, 3.8) is 0 Å². The number of allylic oxidation sites excluding steroid dienone is 2. The minimum atomic E-state index is -0.764. The van der Waals surface area contributed by atoms with E-state index in [9.17, 15) is 14.4 Å². The Hall–Kier alpha value is -1.85.